The third kappa shape index (κ3) is 3.59. The van der Waals surface area contributed by atoms with Crippen molar-refractivity contribution in [3.8, 4) is 0 Å². The van der Waals surface area contributed by atoms with Gasteiger partial charge in [0.15, 0.2) is 0 Å². The van der Waals surface area contributed by atoms with E-state index in [1.54, 1.807) is 0 Å². The second kappa shape index (κ2) is 5.82. The van der Waals surface area contributed by atoms with E-state index in [0.717, 1.165) is 29.5 Å². The zero-order valence-corrected chi connectivity index (χ0v) is 11.4. The zero-order chi connectivity index (χ0) is 11.4. The number of rotatable bonds is 4. The van der Waals surface area contributed by atoms with Crippen molar-refractivity contribution in [1.82, 2.24) is 15.1 Å². The van der Waals surface area contributed by atoms with E-state index in [9.17, 15) is 0 Å². The van der Waals surface area contributed by atoms with Crippen molar-refractivity contribution in [2.24, 2.45) is 5.92 Å². The van der Waals surface area contributed by atoms with Crippen molar-refractivity contribution >= 4 is 15.9 Å². The molecule has 1 fully saturated rings. The number of nitrogens with zero attached hydrogens (tertiary/aromatic N) is 2. The number of halogens is 1. The third-order valence-corrected chi connectivity index (χ3v) is 3.80. The smallest absolute Gasteiger partial charge is 0.0632 e. The first-order valence-electron chi connectivity index (χ1n) is 6.15. The summed E-state index contributed by atoms with van der Waals surface area (Å²) >= 11 is 3.40. The Hall–Kier alpha value is -0.350. The van der Waals surface area contributed by atoms with Crippen molar-refractivity contribution in [2.45, 2.75) is 45.2 Å². The van der Waals surface area contributed by atoms with Crippen LogP contribution in [0.1, 0.15) is 32.6 Å². The first kappa shape index (κ1) is 12.1. The van der Waals surface area contributed by atoms with Crippen LogP contribution >= 0.6 is 15.9 Å². The van der Waals surface area contributed by atoms with Crippen LogP contribution in [0.25, 0.3) is 0 Å². The molecule has 0 radical (unpaired) electrons. The molecule has 0 aliphatic heterocycles. The van der Waals surface area contributed by atoms with E-state index in [0.29, 0.717) is 0 Å². The Bertz CT molecular complexity index is 316. The Morgan fingerprint density at radius 1 is 1.44 bits per heavy atom. The van der Waals surface area contributed by atoms with Crippen LogP contribution in [0.5, 0.6) is 0 Å². The second-order valence-corrected chi connectivity index (χ2v) is 5.75. The van der Waals surface area contributed by atoms with E-state index in [2.05, 4.69) is 33.3 Å². The van der Waals surface area contributed by atoms with Gasteiger partial charge >= 0.3 is 0 Å². The molecule has 1 aromatic rings. The van der Waals surface area contributed by atoms with Gasteiger partial charge in [0.05, 0.1) is 17.2 Å². The van der Waals surface area contributed by atoms with Crippen molar-refractivity contribution in [2.75, 3.05) is 6.54 Å². The van der Waals surface area contributed by atoms with Crippen LogP contribution < -0.4 is 5.32 Å². The maximum atomic E-state index is 4.24. The van der Waals surface area contributed by atoms with Crippen LogP contribution in [0, 0.1) is 5.92 Å². The largest absolute Gasteiger partial charge is 0.312 e. The molecule has 0 unspecified atom stereocenters. The maximum Gasteiger partial charge on any atom is 0.0632 e. The summed E-state index contributed by atoms with van der Waals surface area (Å²) in [6.45, 7) is 4.34. The standard InChI is InChI=1S/C12H20BrN3/c1-10-2-4-12(5-3-10)14-6-7-16-9-11(13)8-15-16/h8-10,12,14H,2-7H2,1H3. The van der Waals surface area contributed by atoms with Gasteiger partial charge in [0.25, 0.3) is 0 Å². The highest BCUT2D eigenvalue weighted by atomic mass is 79.9. The van der Waals surface area contributed by atoms with Gasteiger partial charge in [0, 0.05) is 18.8 Å². The minimum absolute atomic E-state index is 0.732. The summed E-state index contributed by atoms with van der Waals surface area (Å²) in [6, 6.07) is 0.732. The fourth-order valence-electron chi connectivity index (χ4n) is 2.31. The maximum absolute atomic E-state index is 4.24. The predicted octanol–water partition coefficient (Wildman–Crippen LogP) is 2.81. The molecule has 1 saturated carbocycles. The number of aromatic nitrogens is 2. The molecule has 4 heteroatoms. The van der Waals surface area contributed by atoms with Crippen molar-refractivity contribution in [3.05, 3.63) is 16.9 Å². The van der Waals surface area contributed by atoms with Gasteiger partial charge in [-0.25, -0.2) is 0 Å². The molecule has 0 atom stereocenters. The van der Waals surface area contributed by atoms with E-state index in [1.807, 2.05) is 17.1 Å². The van der Waals surface area contributed by atoms with Gasteiger partial charge in [-0.2, -0.15) is 5.10 Å². The fourth-order valence-corrected chi connectivity index (χ4v) is 2.64. The highest BCUT2D eigenvalue weighted by molar-refractivity contribution is 9.10. The third-order valence-electron chi connectivity index (χ3n) is 3.39. The summed E-state index contributed by atoms with van der Waals surface area (Å²) < 4.78 is 3.03. The van der Waals surface area contributed by atoms with Crippen molar-refractivity contribution in [3.63, 3.8) is 0 Å². The monoisotopic (exact) mass is 285 g/mol. The number of hydrogen-bond acceptors (Lipinski definition) is 2. The summed E-state index contributed by atoms with van der Waals surface area (Å²) in [5.41, 5.74) is 0. The quantitative estimate of drug-likeness (QED) is 0.922. The lowest BCUT2D eigenvalue weighted by molar-refractivity contribution is 0.304. The van der Waals surface area contributed by atoms with Crippen LogP contribution in [0.4, 0.5) is 0 Å². The highest BCUT2D eigenvalue weighted by Gasteiger charge is 2.17. The molecular weight excluding hydrogens is 266 g/mol. The minimum Gasteiger partial charge on any atom is -0.312 e. The molecule has 1 aromatic heterocycles. The summed E-state index contributed by atoms with van der Waals surface area (Å²) in [4.78, 5) is 0. The lowest BCUT2D eigenvalue weighted by atomic mass is 9.87. The molecule has 1 aliphatic rings. The highest BCUT2D eigenvalue weighted by Crippen LogP contribution is 2.23. The van der Waals surface area contributed by atoms with Crippen LogP contribution in [0.2, 0.25) is 0 Å². The van der Waals surface area contributed by atoms with Crippen LogP contribution in [-0.4, -0.2) is 22.4 Å². The fraction of sp³-hybridized carbons (Fsp3) is 0.750. The number of nitrogens with one attached hydrogen (secondary N) is 1. The van der Waals surface area contributed by atoms with E-state index < -0.39 is 0 Å². The van der Waals surface area contributed by atoms with Crippen LogP contribution in [-0.2, 0) is 6.54 Å². The SMILES string of the molecule is CC1CCC(NCCn2cc(Br)cn2)CC1. The van der Waals surface area contributed by atoms with Gasteiger partial charge in [-0.15, -0.1) is 0 Å². The Kier molecular flexibility index (Phi) is 4.41. The summed E-state index contributed by atoms with van der Waals surface area (Å²) in [5.74, 6) is 0.931. The summed E-state index contributed by atoms with van der Waals surface area (Å²) in [6.07, 6.45) is 9.29. The molecule has 1 heterocycles. The topological polar surface area (TPSA) is 29.9 Å². The van der Waals surface area contributed by atoms with E-state index in [1.165, 1.54) is 25.7 Å². The molecule has 0 spiro atoms. The molecule has 16 heavy (non-hydrogen) atoms. The lowest BCUT2D eigenvalue weighted by Gasteiger charge is -2.27. The first-order chi connectivity index (χ1) is 7.74. The second-order valence-electron chi connectivity index (χ2n) is 4.83. The average molecular weight is 286 g/mol. The zero-order valence-electron chi connectivity index (χ0n) is 9.82. The van der Waals surface area contributed by atoms with Gasteiger partial charge in [0.1, 0.15) is 0 Å². The van der Waals surface area contributed by atoms with E-state index >= 15 is 0 Å². The lowest BCUT2D eigenvalue weighted by Crippen LogP contribution is -2.34. The normalized spacial score (nSPS) is 25.9. The Morgan fingerprint density at radius 2 is 2.19 bits per heavy atom. The molecule has 0 aromatic carbocycles. The van der Waals surface area contributed by atoms with E-state index in [-0.39, 0.29) is 0 Å². The molecular formula is C12H20BrN3. The van der Waals surface area contributed by atoms with Crippen LogP contribution in [0.15, 0.2) is 16.9 Å². The first-order valence-corrected chi connectivity index (χ1v) is 6.94. The Balaban J connectivity index is 1.64. The van der Waals surface area contributed by atoms with Crippen molar-refractivity contribution < 1.29 is 0 Å². The molecule has 3 nitrogen and oxygen atoms in total. The predicted molar refractivity (Wildman–Crippen MR) is 69.3 cm³/mol. The molecule has 0 saturated heterocycles. The molecule has 1 aliphatic carbocycles. The van der Waals surface area contributed by atoms with Gasteiger partial charge in [0.2, 0.25) is 0 Å². The Morgan fingerprint density at radius 3 is 2.81 bits per heavy atom. The van der Waals surface area contributed by atoms with Gasteiger partial charge < -0.3 is 5.32 Å². The molecule has 0 bridgehead atoms. The molecule has 2 rings (SSSR count). The molecule has 0 amide bonds. The van der Waals surface area contributed by atoms with Gasteiger partial charge in [-0.05, 0) is 47.5 Å². The Labute approximate surface area is 106 Å². The van der Waals surface area contributed by atoms with Crippen molar-refractivity contribution in [1.29, 1.82) is 0 Å². The number of hydrogen-bond donors (Lipinski definition) is 1. The molecule has 90 valence electrons. The summed E-state index contributed by atoms with van der Waals surface area (Å²) in [5, 5.41) is 7.86. The van der Waals surface area contributed by atoms with E-state index in [4.69, 9.17) is 0 Å². The van der Waals surface area contributed by atoms with Crippen LogP contribution in [0.3, 0.4) is 0 Å². The molecule has 1 N–H and O–H groups in total. The van der Waals surface area contributed by atoms with Gasteiger partial charge in [-0.3, -0.25) is 4.68 Å². The average Bonchev–Trinajstić information content (AvgIpc) is 2.67. The van der Waals surface area contributed by atoms with Gasteiger partial charge in [-0.1, -0.05) is 6.92 Å². The summed E-state index contributed by atoms with van der Waals surface area (Å²) in [7, 11) is 0. The minimum atomic E-state index is 0.732.